The fourth-order valence-electron chi connectivity index (χ4n) is 4.79. The summed E-state index contributed by atoms with van der Waals surface area (Å²) in [6.45, 7) is 1.16. The van der Waals surface area contributed by atoms with Crippen molar-refractivity contribution in [3.05, 3.63) is 46.1 Å². The summed E-state index contributed by atoms with van der Waals surface area (Å²) in [5.74, 6) is 0.905. The van der Waals surface area contributed by atoms with Gasteiger partial charge in [-0.25, -0.2) is 22.2 Å². The van der Waals surface area contributed by atoms with Crippen LogP contribution in [0.4, 0.5) is 0 Å². The normalized spacial score (nSPS) is 18.6. The lowest BCUT2D eigenvalue weighted by atomic mass is 9.95. The van der Waals surface area contributed by atoms with Gasteiger partial charge in [0, 0.05) is 51.8 Å². The maximum Gasteiger partial charge on any atom is 0.345 e. The number of likely N-dealkylation sites (tertiary alicyclic amines) is 1. The van der Waals surface area contributed by atoms with Crippen LogP contribution in [0.25, 0.3) is 0 Å². The van der Waals surface area contributed by atoms with Crippen molar-refractivity contribution in [3.63, 3.8) is 0 Å². The van der Waals surface area contributed by atoms with E-state index in [2.05, 4.69) is 5.10 Å². The standard InChI is InChI=1S/C22H31N5O4S/c1-24(2)32(30,31)19-10-8-17(9-11-19)21(28)26-14-12-16(13-15-26)20-23-25(3)22(29)27(20)18-6-4-5-7-18/h8-11,16,18H,4-7,12-15H2,1-3H3. The average molecular weight is 462 g/mol. The van der Waals surface area contributed by atoms with Crippen LogP contribution in [0.5, 0.6) is 0 Å². The number of hydrogen-bond acceptors (Lipinski definition) is 5. The van der Waals surface area contributed by atoms with Crippen molar-refractivity contribution in [3.8, 4) is 0 Å². The van der Waals surface area contributed by atoms with Gasteiger partial charge in [-0.15, -0.1) is 0 Å². The molecule has 10 heteroatoms. The SMILES string of the molecule is CN(C)S(=O)(=O)c1ccc(C(=O)N2CCC(c3nn(C)c(=O)n3C3CCCC3)CC2)cc1. The maximum atomic E-state index is 13.0. The third-order valence-corrected chi connectivity index (χ3v) is 8.53. The molecular weight excluding hydrogens is 430 g/mol. The van der Waals surface area contributed by atoms with E-state index in [1.54, 1.807) is 24.1 Å². The van der Waals surface area contributed by atoms with E-state index in [1.165, 1.54) is 30.9 Å². The van der Waals surface area contributed by atoms with Gasteiger partial charge in [-0.05, 0) is 49.9 Å². The highest BCUT2D eigenvalue weighted by Crippen LogP contribution is 2.33. The molecule has 1 aromatic heterocycles. The fraction of sp³-hybridized carbons (Fsp3) is 0.591. The molecule has 0 spiro atoms. The Kier molecular flexibility index (Phi) is 6.26. The molecular formula is C22H31N5O4S. The Morgan fingerprint density at radius 2 is 1.62 bits per heavy atom. The molecule has 0 unspecified atom stereocenters. The number of aromatic nitrogens is 3. The van der Waals surface area contributed by atoms with E-state index in [1.807, 2.05) is 4.57 Å². The summed E-state index contributed by atoms with van der Waals surface area (Å²) >= 11 is 0. The Morgan fingerprint density at radius 3 is 2.19 bits per heavy atom. The van der Waals surface area contributed by atoms with Crippen LogP contribution in [0.1, 0.15) is 66.7 Å². The Balaban J connectivity index is 1.45. The molecule has 2 aromatic rings. The molecule has 0 atom stereocenters. The molecule has 0 radical (unpaired) electrons. The van der Waals surface area contributed by atoms with Crippen LogP contribution in [-0.4, -0.2) is 65.1 Å². The molecule has 0 N–H and O–H groups in total. The third-order valence-electron chi connectivity index (χ3n) is 6.70. The molecule has 0 bridgehead atoms. The lowest BCUT2D eigenvalue weighted by Crippen LogP contribution is -2.38. The number of sulfonamides is 1. The molecule has 1 amide bonds. The molecule has 2 fully saturated rings. The molecule has 9 nitrogen and oxygen atoms in total. The zero-order valence-corrected chi connectivity index (χ0v) is 19.7. The van der Waals surface area contributed by atoms with Crippen LogP contribution in [0.3, 0.4) is 0 Å². The van der Waals surface area contributed by atoms with Crippen molar-refractivity contribution >= 4 is 15.9 Å². The van der Waals surface area contributed by atoms with Gasteiger partial charge in [0.2, 0.25) is 10.0 Å². The van der Waals surface area contributed by atoms with Gasteiger partial charge < -0.3 is 4.90 Å². The van der Waals surface area contributed by atoms with Crippen LogP contribution in [0.2, 0.25) is 0 Å². The van der Waals surface area contributed by atoms with E-state index in [0.717, 1.165) is 48.7 Å². The molecule has 32 heavy (non-hydrogen) atoms. The van der Waals surface area contributed by atoms with Gasteiger partial charge in [0.15, 0.2) is 0 Å². The molecule has 2 heterocycles. The summed E-state index contributed by atoms with van der Waals surface area (Å²) in [6, 6.07) is 6.33. The topological polar surface area (TPSA) is 97.5 Å². The summed E-state index contributed by atoms with van der Waals surface area (Å²) in [4.78, 5) is 27.6. The number of piperidine rings is 1. The van der Waals surface area contributed by atoms with Gasteiger partial charge >= 0.3 is 5.69 Å². The van der Waals surface area contributed by atoms with Crippen molar-refractivity contribution < 1.29 is 13.2 Å². The molecule has 1 aliphatic carbocycles. The van der Waals surface area contributed by atoms with Gasteiger partial charge in [-0.2, -0.15) is 5.10 Å². The molecule has 1 aromatic carbocycles. The van der Waals surface area contributed by atoms with E-state index in [4.69, 9.17) is 0 Å². The first-order valence-corrected chi connectivity index (χ1v) is 12.6. The monoisotopic (exact) mass is 461 g/mol. The number of rotatable bonds is 5. The second kappa shape index (κ2) is 8.82. The summed E-state index contributed by atoms with van der Waals surface area (Å²) in [5, 5.41) is 4.56. The van der Waals surface area contributed by atoms with Crippen LogP contribution in [0, 0.1) is 0 Å². The second-order valence-electron chi connectivity index (χ2n) is 8.95. The van der Waals surface area contributed by atoms with Gasteiger partial charge in [0.1, 0.15) is 5.82 Å². The zero-order chi connectivity index (χ0) is 23.0. The van der Waals surface area contributed by atoms with E-state index in [9.17, 15) is 18.0 Å². The van der Waals surface area contributed by atoms with Crippen LogP contribution in [0.15, 0.2) is 34.0 Å². The summed E-state index contributed by atoms with van der Waals surface area (Å²) in [7, 11) is 1.14. The average Bonchev–Trinajstić information content (AvgIpc) is 3.41. The van der Waals surface area contributed by atoms with Gasteiger partial charge in [-0.1, -0.05) is 12.8 Å². The Morgan fingerprint density at radius 1 is 1.03 bits per heavy atom. The number of benzene rings is 1. The van der Waals surface area contributed by atoms with Crippen LogP contribution >= 0.6 is 0 Å². The first kappa shape index (κ1) is 22.7. The Hall–Kier alpha value is -2.46. The van der Waals surface area contributed by atoms with Crippen LogP contribution < -0.4 is 5.69 Å². The molecule has 1 saturated carbocycles. The van der Waals surface area contributed by atoms with Gasteiger partial charge in [-0.3, -0.25) is 9.36 Å². The van der Waals surface area contributed by atoms with Crippen molar-refractivity contribution in [2.45, 2.75) is 55.4 Å². The maximum absolute atomic E-state index is 13.0. The summed E-state index contributed by atoms with van der Waals surface area (Å²) in [6.07, 6.45) is 5.84. The number of nitrogens with zero attached hydrogens (tertiary/aromatic N) is 5. The van der Waals surface area contributed by atoms with E-state index < -0.39 is 10.0 Å². The molecule has 2 aliphatic rings. The summed E-state index contributed by atoms with van der Waals surface area (Å²) < 4.78 is 29.0. The number of carbonyl (C=O) groups is 1. The number of carbonyl (C=O) groups excluding carboxylic acids is 1. The minimum Gasteiger partial charge on any atom is -0.339 e. The molecule has 1 saturated heterocycles. The summed E-state index contributed by atoms with van der Waals surface area (Å²) in [5.41, 5.74) is 0.431. The Bertz CT molecular complexity index is 1140. The highest BCUT2D eigenvalue weighted by atomic mass is 32.2. The minimum absolute atomic E-state index is 0.0434. The third kappa shape index (κ3) is 4.13. The lowest BCUT2D eigenvalue weighted by molar-refractivity contribution is 0.0709. The Labute approximate surface area is 188 Å². The quantitative estimate of drug-likeness (QED) is 0.678. The van der Waals surface area contributed by atoms with E-state index >= 15 is 0 Å². The van der Waals surface area contributed by atoms with Gasteiger partial charge in [0.05, 0.1) is 4.90 Å². The minimum atomic E-state index is -3.52. The number of aryl methyl sites for hydroxylation is 1. The number of hydrogen-bond donors (Lipinski definition) is 0. The lowest BCUT2D eigenvalue weighted by Gasteiger charge is -2.32. The highest BCUT2D eigenvalue weighted by molar-refractivity contribution is 7.89. The van der Waals surface area contributed by atoms with Crippen molar-refractivity contribution in [2.24, 2.45) is 7.05 Å². The molecule has 4 rings (SSSR count). The van der Waals surface area contributed by atoms with Crippen LogP contribution in [-0.2, 0) is 17.1 Å². The second-order valence-corrected chi connectivity index (χ2v) is 11.1. The van der Waals surface area contributed by atoms with Crippen molar-refractivity contribution in [2.75, 3.05) is 27.2 Å². The number of amides is 1. The zero-order valence-electron chi connectivity index (χ0n) is 18.9. The predicted molar refractivity (Wildman–Crippen MR) is 120 cm³/mol. The largest absolute Gasteiger partial charge is 0.345 e. The first-order chi connectivity index (χ1) is 15.2. The first-order valence-electron chi connectivity index (χ1n) is 11.2. The molecule has 174 valence electrons. The van der Waals surface area contributed by atoms with Crippen molar-refractivity contribution in [1.82, 2.24) is 23.6 Å². The fourth-order valence-corrected chi connectivity index (χ4v) is 5.69. The van der Waals surface area contributed by atoms with Gasteiger partial charge in [0.25, 0.3) is 5.91 Å². The highest BCUT2D eigenvalue weighted by Gasteiger charge is 2.31. The smallest absolute Gasteiger partial charge is 0.339 e. The van der Waals surface area contributed by atoms with Crippen molar-refractivity contribution in [1.29, 1.82) is 0 Å². The predicted octanol–water partition coefficient (Wildman–Crippen LogP) is 1.97. The molecule has 1 aliphatic heterocycles. The van der Waals surface area contributed by atoms with E-state index in [-0.39, 0.29) is 28.5 Å². The van der Waals surface area contributed by atoms with E-state index in [0.29, 0.717) is 18.7 Å².